The lowest BCUT2D eigenvalue weighted by Crippen LogP contribution is -2.33. The molecular formula is C15H23ClN2O. The van der Waals surface area contributed by atoms with E-state index in [1.165, 1.54) is 5.56 Å². The lowest BCUT2D eigenvalue weighted by atomic mass is 9.93. The first-order valence-electron chi connectivity index (χ1n) is 6.87. The molecule has 2 N–H and O–H groups in total. The number of benzene rings is 1. The number of hydrogen-bond donors (Lipinski definition) is 1. The van der Waals surface area contributed by atoms with Gasteiger partial charge in [-0.15, -0.1) is 0 Å². The van der Waals surface area contributed by atoms with Crippen LogP contribution in [-0.2, 0) is 0 Å². The van der Waals surface area contributed by atoms with Gasteiger partial charge < -0.3 is 10.5 Å². The SMILES string of the molecule is COc1ccc(C2C(CN)CCN2C(C)C)cc1Cl. The quantitative estimate of drug-likeness (QED) is 0.922. The zero-order valence-corrected chi connectivity index (χ0v) is 12.7. The normalized spacial score (nSPS) is 24.1. The Bertz CT molecular complexity index is 436. The molecule has 1 heterocycles. The molecule has 0 aliphatic carbocycles. The van der Waals surface area contributed by atoms with Crippen molar-refractivity contribution in [2.24, 2.45) is 11.7 Å². The number of methoxy groups -OCH3 is 1. The van der Waals surface area contributed by atoms with Crippen molar-refractivity contribution in [2.75, 3.05) is 20.2 Å². The van der Waals surface area contributed by atoms with Gasteiger partial charge in [0.25, 0.3) is 0 Å². The minimum Gasteiger partial charge on any atom is -0.495 e. The molecule has 1 aliphatic heterocycles. The summed E-state index contributed by atoms with van der Waals surface area (Å²) in [5, 5.41) is 0.673. The van der Waals surface area contributed by atoms with E-state index in [1.54, 1.807) is 7.11 Å². The highest BCUT2D eigenvalue weighted by Gasteiger charge is 2.35. The Labute approximate surface area is 120 Å². The molecule has 2 atom stereocenters. The van der Waals surface area contributed by atoms with Crippen molar-refractivity contribution in [3.05, 3.63) is 28.8 Å². The summed E-state index contributed by atoms with van der Waals surface area (Å²) in [7, 11) is 1.64. The van der Waals surface area contributed by atoms with Gasteiger partial charge in [-0.05, 0) is 57.0 Å². The lowest BCUT2D eigenvalue weighted by Gasteiger charge is -2.31. The number of likely N-dealkylation sites (tertiary alicyclic amines) is 1. The standard InChI is InChI=1S/C15H23ClN2O/c1-10(2)18-7-6-12(9-17)15(18)11-4-5-14(19-3)13(16)8-11/h4-5,8,10,12,15H,6-7,9,17H2,1-3H3. The van der Waals surface area contributed by atoms with Crippen LogP contribution in [0.4, 0.5) is 0 Å². The van der Waals surface area contributed by atoms with Crippen molar-refractivity contribution < 1.29 is 4.74 Å². The molecule has 2 unspecified atom stereocenters. The maximum Gasteiger partial charge on any atom is 0.137 e. The molecule has 0 aromatic heterocycles. The molecule has 1 saturated heterocycles. The van der Waals surface area contributed by atoms with Crippen LogP contribution in [0.5, 0.6) is 5.75 Å². The van der Waals surface area contributed by atoms with E-state index < -0.39 is 0 Å². The first-order chi connectivity index (χ1) is 9.08. The molecule has 4 heteroatoms. The minimum atomic E-state index is 0.369. The fourth-order valence-electron chi connectivity index (χ4n) is 3.04. The molecule has 0 saturated carbocycles. The highest BCUT2D eigenvalue weighted by atomic mass is 35.5. The summed E-state index contributed by atoms with van der Waals surface area (Å²) >= 11 is 6.25. The van der Waals surface area contributed by atoms with Crippen molar-refractivity contribution in [1.29, 1.82) is 0 Å². The summed E-state index contributed by atoms with van der Waals surface area (Å²) in [4.78, 5) is 2.51. The van der Waals surface area contributed by atoms with E-state index in [2.05, 4.69) is 24.8 Å². The number of nitrogens with two attached hydrogens (primary N) is 1. The second kappa shape index (κ2) is 6.12. The zero-order valence-electron chi connectivity index (χ0n) is 11.9. The van der Waals surface area contributed by atoms with Crippen molar-refractivity contribution in [3.63, 3.8) is 0 Å². The molecule has 0 radical (unpaired) electrons. The van der Waals surface area contributed by atoms with Crippen molar-refractivity contribution in [1.82, 2.24) is 4.90 Å². The zero-order chi connectivity index (χ0) is 14.0. The third-order valence-electron chi connectivity index (χ3n) is 4.05. The van der Waals surface area contributed by atoms with Gasteiger partial charge in [-0.25, -0.2) is 0 Å². The number of halogens is 1. The Kier molecular flexibility index (Phi) is 4.71. The fourth-order valence-corrected chi connectivity index (χ4v) is 3.31. The Balaban J connectivity index is 2.33. The number of hydrogen-bond acceptors (Lipinski definition) is 3. The highest BCUT2D eigenvalue weighted by Crippen LogP contribution is 2.40. The fraction of sp³-hybridized carbons (Fsp3) is 0.600. The van der Waals surface area contributed by atoms with Crippen molar-refractivity contribution >= 4 is 11.6 Å². The van der Waals surface area contributed by atoms with Crippen LogP contribution in [0.1, 0.15) is 31.9 Å². The molecule has 0 spiro atoms. The molecule has 1 fully saturated rings. The van der Waals surface area contributed by atoms with Gasteiger partial charge in [0.05, 0.1) is 12.1 Å². The van der Waals surface area contributed by atoms with E-state index >= 15 is 0 Å². The van der Waals surface area contributed by atoms with Crippen LogP contribution in [-0.4, -0.2) is 31.1 Å². The number of rotatable bonds is 4. The second-order valence-corrected chi connectivity index (χ2v) is 5.86. The maximum atomic E-state index is 6.25. The van der Waals surface area contributed by atoms with E-state index in [0.717, 1.165) is 25.3 Å². The Morgan fingerprint density at radius 2 is 2.21 bits per heavy atom. The summed E-state index contributed by atoms with van der Waals surface area (Å²) in [6, 6.07) is 6.96. The predicted octanol–water partition coefficient (Wildman–Crippen LogP) is 3.08. The average Bonchev–Trinajstić information content (AvgIpc) is 2.82. The Hall–Kier alpha value is -0.770. The molecule has 1 aromatic carbocycles. The molecule has 3 nitrogen and oxygen atoms in total. The van der Waals surface area contributed by atoms with Gasteiger partial charge in [0.15, 0.2) is 0 Å². The monoisotopic (exact) mass is 282 g/mol. The summed E-state index contributed by atoms with van der Waals surface area (Å²) < 4.78 is 5.22. The third kappa shape index (κ3) is 2.88. The van der Waals surface area contributed by atoms with Gasteiger partial charge in [0.1, 0.15) is 5.75 Å². The topological polar surface area (TPSA) is 38.5 Å². The summed E-state index contributed by atoms with van der Waals surface area (Å²) in [6.07, 6.45) is 1.16. The first kappa shape index (κ1) is 14.6. The molecule has 1 aliphatic rings. The summed E-state index contributed by atoms with van der Waals surface area (Å²) in [5.74, 6) is 1.23. The van der Waals surface area contributed by atoms with E-state index in [1.807, 2.05) is 12.1 Å². The van der Waals surface area contributed by atoms with Crippen molar-refractivity contribution in [2.45, 2.75) is 32.4 Å². The molecule has 0 amide bonds. The van der Waals surface area contributed by atoms with Crippen LogP contribution in [0.25, 0.3) is 0 Å². The largest absolute Gasteiger partial charge is 0.495 e. The second-order valence-electron chi connectivity index (χ2n) is 5.45. The van der Waals surface area contributed by atoms with E-state index in [0.29, 0.717) is 23.0 Å². The van der Waals surface area contributed by atoms with Crippen LogP contribution in [0.3, 0.4) is 0 Å². The first-order valence-corrected chi connectivity index (χ1v) is 7.25. The minimum absolute atomic E-state index is 0.369. The van der Waals surface area contributed by atoms with Gasteiger partial charge in [-0.3, -0.25) is 4.90 Å². The highest BCUT2D eigenvalue weighted by molar-refractivity contribution is 6.32. The van der Waals surface area contributed by atoms with Crippen LogP contribution in [0.15, 0.2) is 18.2 Å². The van der Waals surface area contributed by atoms with Gasteiger partial charge in [0, 0.05) is 12.1 Å². The number of nitrogens with zero attached hydrogens (tertiary/aromatic N) is 1. The predicted molar refractivity (Wildman–Crippen MR) is 79.7 cm³/mol. The van der Waals surface area contributed by atoms with E-state index in [4.69, 9.17) is 22.1 Å². The summed E-state index contributed by atoms with van der Waals surface area (Å²) in [5.41, 5.74) is 7.18. The van der Waals surface area contributed by atoms with Gasteiger partial charge >= 0.3 is 0 Å². The van der Waals surface area contributed by atoms with Gasteiger partial charge in [0.2, 0.25) is 0 Å². The lowest BCUT2D eigenvalue weighted by molar-refractivity contribution is 0.184. The Morgan fingerprint density at radius 3 is 2.74 bits per heavy atom. The van der Waals surface area contributed by atoms with Crippen LogP contribution >= 0.6 is 11.6 Å². The average molecular weight is 283 g/mol. The molecule has 19 heavy (non-hydrogen) atoms. The Morgan fingerprint density at radius 1 is 1.47 bits per heavy atom. The molecule has 1 aromatic rings. The van der Waals surface area contributed by atoms with Crippen LogP contribution < -0.4 is 10.5 Å². The molecular weight excluding hydrogens is 260 g/mol. The van der Waals surface area contributed by atoms with E-state index in [9.17, 15) is 0 Å². The molecule has 2 rings (SSSR count). The third-order valence-corrected chi connectivity index (χ3v) is 4.34. The van der Waals surface area contributed by atoms with Crippen LogP contribution in [0.2, 0.25) is 5.02 Å². The number of ether oxygens (including phenoxy) is 1. The van der Waals surface area contributed by atoms with Gasteiger partial charge in [-0.1, -0.05) is 17.7 Å². The van der Waals surface area contributed by atoms with Crippen LogP contribution in [0, 0.1) is 5.92 Å². The smallest absolute Gasteiger partial charge is 0.137 e. The van der Waals surface area contributed by atoms with Gasteiger partial charge in [-0.2, -0.15) is 0 Å². The summed E-state index contributed by atoms with van der Waals surface area (Å²) in [6.45, 7) is 6.29. The van der Waals surface area contributed by atoms with Crippen molar-refractivity contribution in [3.8, 4) is 5.75 Å². The van der Waals surface area contributed by atoms with E-state index in [-0.39, 0.29) is 0 Å². The molecule has 106 valence electrons. The maximum absolute atomic E-state index is 6.25. The molecule has 0 bridgehead atoms.